The van der Waals surface area contributed by atoms with Gasteiger partial charge in [-0.1, -0.05) is 0 Å². The van der Waals surface area contributed by atoms with Crippen LogP contribution in [-0.2, 0) is 11.2 Å². The number of nitrogens with one attached hydrogen (secondary N) is 1. The summed E-state index contributed by atoms with van der Waals surface area (Å²) in [5.74, 6) is 0.922. The molecular weight excluding hydrogens is 342 g/mol. The summed E-state index contributed by atoms with van der Waals surface area (Å²) in [5, 5.41) is 16.5. The number of likely N-dealkylation sites (N-methyl/N-ethyl adjacent to an activating group) is 1. The van der Waals surface area contributed by atoms with Crippen LogP contribution in [0.5, 0.6) is 0 Å². The number of rotatable bonds is 7. The minimum atomic E-state index is 0.179. The Morgan fingerprint density at radius 3 is 2.89 bits per heavy atom. The number of aliphatic hydroxyl groups is 1. The molecule has 7 heteroatoms. The molecule has 2 aliphatic rings. The van der Waals surface area contributed by atoms with Gasteiger partial charge in [0.25, 0.3) is 0 Å². The Hall–Kier alpha value is -1.44. The second kappa shape index (κ2) is 10.2. The molecule has 2 saturated heterocycles. The number of aryl methyl sites for hydroxylation is 1. The van der Waals surface area contributed by atoms with E-state index in [2.05, 4.69) is 27.0 Å². The van der Waals surface area contributed by atoms with Gasteiger partial charge in [-0.2, -0.15) is 5.10 Å². The van der Waals surface area contributed by atoms with E-state index in [9.17, 15) is 9.90 Å². The molecule has 0 bridgehead atoms. The molecule has 2 fully saturated rings. The number of aromatic amines is 1. The maximum atomic E-state index is 12.7. The molecule has 3 heterocycles. The second-order valence-electron chi connectivity index (χ2n) is 8.37. The summed E-state index contributed by atoms with van der Waals surface area (Å²) in [5.41, 5.74) is 1.15. The van der Waals surface area contributed by atoms with Crippen molar-refractivity contribution in [2.24, 2.45) is 11.8 Å². The molecule has 0 spiro atoms. The van der Waals surface area contributed by atoms with Crippen molar-refractivity contribution in [2.75, 3.05) is 59.5 Å². The minimum Gasteiger partial charge on any atom is -0.396 e. The van der Waals surface area contributed by atoms with Crippen LogP contribution in [0.3, 0.4) is 0 Å². The summed E-state index contributed by atoms with van der Waals surface area (Å²) in [6.45, 7) is 7.31. The normalized spacial score (nSPS) is 25.5. The van der Waals surface area contributed by atoms with Crippen molar-refractivity contribution in [2.45, 2.75) is 32.1 Å². The van der Waals surface area contributed by atoms with Crippen molar-refractivity contribution in [3.05, 3.63) is 18.0 Å². The fraction of sp³-hybridized carbons (Fsp3) is 0.800. The van der Waals surface area contributed by atoms with E-state index < -0.39 is 0 Å². The second-order valence-corrected chi connectivity index (χ2v) is 8.37. The maximum Gasteiger partial charge on any atom is 0.222 e. The van der Waals surface area contributed by atoms with Crippen LogP contribution in [0, 0.1) is 11.8 Å². The first-order valence-corrected chi connectivity index (χ1v) is 10.4. The molecule has 2 atom stereocenters. The van der Waals surface area contributed by atoms with Crippen molar-refractivity contribution in [1.29, 1.82) is 0 Å². The highest BCUT2D eigenvalue weighted by Crippen LogP contribution is 2.24. The third-order valence-corrected chi connectivity index (χ3v) is 5.97. The first-order valence-electron chi connectivity index (χ1n) is 10.4. The zero-order valence-electron chi connectivity index (χ0n) is 16.6. The zero-order chi connectivity index (χ0) is 19.1. The molecule has 0 radical (unpaired) electrons. The number of nitrogens with zero attached hydrogens (tertiary/aromatic N) is 4. The third kappa shape index (κ3) is 6.30. The Labute approximate surface area is 162 Å². The Bertz CT molecular complexity index is 565. The smallest absolute Gasteiger partial charge is 0.222 e. The van der Waals surface area contributed by atoms with E-state index in [-0.39, 0.29) is 18.4 Å². The van der Waals surface area contributed by atoms with Crippen LogP contribution in [0.15, 0.2) is 12.4 Å². The minimum absolute atomic E-state index is 0.179. The van der Waals surface area contributed by atoms with E-state index in [0.717, 1.165) is 57.5 Å². The summed E-state index contributed by atoms with van der Waals surface area (Å²) < 4.78 is 0. The van der Waals surface area contributed by atoms with Gasteiger partial charge in [0, 0.05) is 51.9 Å². The number of piperidine rings is 1. The molecule has 0 aliphatic carbocycles. The highest BCUT2D eigenvalue weighted by Gasteiger charge is 2.30. The summed E-state index contributed by atoms with van der Waals surface area (Å²) in [6, 6.07) is 0. The molecule has 0 unspecified atom stereocenters. The van der Waals surface area contributed by atoms with Gasteiger partial charge in [-0.25, -0.2) is 0 Å². The maximum absolute atomic E-state index is 12.7. The number of H-pyrrole nitrogens is 1. The molecule has 1 amide bonds. The monoisotopic (exact) mass is 377 g/mol. The molecular formula is C20H35N5O2. The van der Waals surface area contributed by atoms with Gasteiger partial charge >= 0.3 is 0 Å². The van der Waals surface area contributed by atoms with Gasteiger partial charge in [0.2, 0.25) is 5.91 Å². The Balaban J connectivity index is 1.48. The number of carbonyl (C=O) groups is 1. The number of hydrogen-bond donors (Lipinski definition) is 2. The molecule has 3 rings (SSSR count). The van der Waals surface area contributed by atoms with Crippen LogP contribution in [0.25, 0.3) is 0 Å². The van der Waals surface area contributed by atoms with Crippen molar-refractivity contribution >= 4 is 5.91 Å². The van der Waals surface area contributed by atoms with E-state index in [4.69, 9.17) is 0 Å². The van der Waals surface area contributed by atoms with Crippen molar-refractivity contribution in [1.82, 2.24) is 24.9 Å². The van der Waals surface area contributed by atoms with E-state index in [1.165, 1.54) is 13.0 Å². The fourth-order valence-corrected chi connectivity index (χ4v) is 4.45. The van der Waals surface area contributed by atoms with Gasteiger partial charge in [-0.15, -0.1) is 0 Å². The van der Waals surface area contributed by atoms with Crippen molar-refractivity contribution < 1.29 is 9.90 Å². The first-order chi connectivity index (χ1) is 13.1. The Morgan fingerprint density at radius 2 is 2.11 bits per heavy atom. The Kier molecular flexibility index (Phi) is 7.67. The summed E-state index contributed by atoms with van der Waals surface area (Å²) in [6.07, 6.45) is 8.26. The number of aliphatic hydroxyl groups excluding tert-OH is 1. The summed E-state index contributed by atoms with van der Waals surface area (Å²) in [7, 11) is 2.19. The number of likely N-dealkylation sites (tertiary alicyclic amines) is 1. The largest absolute Gasteiger partial charge is 0.396 e. The van der Waals surface area contributed by atoms with Crippen LogP contribution < -0.4 is 0 Å². The van der Waals surface area contributed by atoms with Crippen LogP contribution in [-0.4, -0.2) is 95.4 Å². The Morgan fingerprint density at radius 1 is 1.26 bits per heavy atom. The van der Waals surface area contributed by atoms with Gasteiger partial charge in [-0.05, 0) is 63.2 Å². The lowest BCUT2D eigenvalue weighted by Gasteiger charge is -2.39. The SMILES string of the molecule is CN1CCCN(C[C@H]2C[C@H](CO)CN(C(=O)CCCc3cn[nH]c3)C2)CC1. The van der Waals surface area contributed by atoms with Crippen molar-refractivity contribution in [3.63, 3.8) is 0 Å². The molecule has 27 heavy (non-hydrogen) atoms. The summed E-state index contributed by atoms with van der Waals surface area (Å²) >= 11 is 0. The molecule has 0 aromatic carbocycles. The third-order valence-electron chi connectivity index (χ3n) is 5.97. The first kappa shape index (κ1) is 20.3. The van der Waals surface area contributed by atoms with Gasteiger partial charge < -0.3 is 19.8 Å². The predicted molar refractivity (Wildman–Crippen MR) is 105 cm³/mol. The quantitative estimate of drug-likeness (QED) is 0.736. The van der Waals surface area contributed by atoms with Gasteiger partial charge in [-0.3, -0.25) is 9.89 Å². The standard InChI is InChI=1S/C20H35N5O2/c1-23-6-3-7-24(9-8-23)13-18-10-19(16-26)15-25(14-18)20(27)5-2-4-17-11-21-22-12-17/h11-12,18-19,26H,2-10,13-16H2,1H3,(H,21,22)/t18-,19+/m1/s1. The molecule has 2 N–H and O–H groups in total. The number of aromatic nitrogens is 2. The van der Waals surface area contributed by atoms with Crippen LogP contribution in [0.4, 0.5) is 0 Å². The highest BCUT2D eigenvalue weighted by molar-refractivity contribution is 5.76. The number of amides is 1. The van der Waals surface area contributed by atoms with Crippen LogP contribution in [0.1, 0.15) is 31.2 Å². The number of hydrogen-bond acceptors (Lipinski definition) is 5. The molecule has 7 nitrogen and oxygen atoms in total. The van der Waals surface area contributed by atoms with E-state index in [0.29, 0.717) is 18.9 Å². The lowest BCUT2D eigenvalue weighted by molar-refractivity contribution is -0.134. The predicted octanol–water partition coefficient (Wildman–Crippen LogP) is 0.827. The fourth-order valence-electron chi connectivity index (χ4n) is 4.45. The molecule has 0 saturated carbocycles. The molecule has 1 aromatic heterocycles. The molecule has 2 aliphatic heterocycles. The van der Waals surface area contributed by atoms with Gasteiger partial charge in [0.1, 0.15) is 0 Å². The zero-order valence-corrected chi connectivity index (χ0v) is 16.6. The van der Waals surface area contributed by atoms with E-state index >= 15 is 0 Å². The van der Waals surface area contributed by atoms with E-state index in [1.807, 2.05) is 17.3 Å². The average Bonchev–Trinajstić information content (AvgIpc) is 3.10. The average molecular weight is 378 g/mol. The molecule has 1 aromatic rings. The van der Waals surface area contributed by atoms with Crippen LogP contribution in [0.2, 0.25) is 0 Å². The topological polar surface area (TPSA) is 75.7 Å². The summed E-state index contributed by atoms with van der Waals surface area (Å²) in [4.78, 5) is 19.7. The lowest BCUT2D eigenvalue weighted by atomic mass is 9.88. The van der Waals surface area contributed by atoms with E-state index in [1.54, 1.807) is 0 Å². The van der Waals surface area contributed by atoms with Crippen molar-refractivity contribution in [3.8, 4) is 0 Å². The van der Waals surface area contributed by atoms with Gasteiger partial charge in [0.05, 0.1) is 6.20 Å². The number of carbonyl (C=O) groups excluding carboxylic acids is 1. The highest BCUT2D eigenvalue weighted by atomic mass is 16.3. The lowest BCUT2D eigenvalue weighted by Crippen LogP contribution is -2.48. The molecule has 152 valence electrons. The van der Waals surface area contributed by atoms with Crippen LogP contribution >= 0.6 is 0 Å². The van der Waals surface area contributed by atoms with Gasteiger partial charge in [0.15, 0.2) is 0 Å².